The van der Waals surface area contributed by atoms with Crippen LogP contribution in [0.15, 0.2) is 48.5 Å². The number of ether oxygens (including phenoxy) is 1. The third-order valence-electron chi connectivity index (χ3n) is 4.48. The lowest BCUT2D eigenvalue weighted by Crippen LogP contribution is -2.48. The molecule has 0 unspecified atom stereocenters. The van der Waals surface area contributed by atoms with E-state index in [2.05, 4.69) is 15.7 Å². The van der Waals surface area contributed by atoms with Crippen LogP contribution in [0.4, 0.5) is 8.78 Å². The summed E-state index contributed by atoms with van der Waals surface area (Å²) in [6, 6.07) is 15.6. The maximum atomic E-state index is 12.7. The van der Waals surface area contributed by atoms with Crippen LogP contribution in [-0.4, -0.2) is 48.5 Å². The number of piperazine rings is 1. The van der Waals surface area contributed by atoms with E-state index in [0.717, 1.165) is 12.1 Å². The zero-order valence-electron chi connectivity index (χ0n) is 14.6. The predicted octanol–water partition coefficient (Wildman–Crippen LogP) is 3.12. The number of para-hydroxylation sites is 1. The van der Waals surface area contributed by atoms with Crippen molar-refractivity contribution in [1.29, 1.82) is 5.26 Å². The molecule has 140 valence electrons. The molecule has 2 aromatic rings. The molecule has 1 heterocycles. The van der Waals surface area contributed by atoms with Gasteiger partial charge < -0.3 is 9.64 Å². The molecule has 0 N–H and O–H groups in total. The molecule has 0 bridgehead atoms. The van der Waals surface area contributed by atoms with Crippen molar-refractivity contribution in [2.45, 2.75) is 13.2 Å². The Morgan fingerprint density at radius 3 is 2.37 bits per heavy atom. The Bertz CT molecular complexity index is 826. The predicted molar refractivity (Wildman–Crippen MR) is 95.4 cm³/mol. The number of carbonyl (C=O) groups is 1. The second kappa shape index (κ2) is 8.60. The normalized spacial score (nSPS) is 14.8. The molecule has 0 saturated carbocycles. The Balaban J connectivity index is 1.59. The Hall–Kier alpha value is -2.98. The van der Waals surface area contributed by atoms with Crippen molar-refractivity contribution >= 4 is 5.91 Å². The number of hydrogen-bond donors (Lipinski definition) is 0. The molecule has 0 aliphatic carbocycles. The Morgan fingerprint density at radius 1 is 1.07 bits per heavy atom. The lowest BCUT2D eigenvalue weighted by atomic mass is 10.1. The second-order valence-electron chi connectivity index (χ2n) is 6.25. The highest BCUT2D eigenvalue weighted by Gasteiger charge is 2.25. The van der Waals surface area contributed by atoms with Gasteiger partial charge in [0.2, 0.25) is 0 Å². The second-order valence-corrected chi connectivity index (χ2v) is 6.25. The van der Waals surface area contributed by atoms with Gasteiger partial charge in [-0.15, -0.1) is 0 Å². The zero-order valence-corrected chi connectivity index (χ0v) is 14.6. The van der Waals surface area contributed by atoms with Crippen LogP contribution in [0.1, 0.15) is 21.5 Å². The number of carbonyl (C=O) groups excluding carboxylic acids is 1. The van der Waals surface area contributed by atoms with Gasteiger partial charge in [0.25, 0.3) is 5.91 Å². The van der Waals surface area contributed by atoms with Gasteiger partial charge in [0.05, 0.1) is 17.2 Å². The van der Waals surface area contributed by atoms with Crippen molar-refractivity contribution in [3.05, 3.63) is 65.2 Å². The summed E-state index contributed by atoms with van der Waals surface area (Å²) in [6.07, 6.45) is 0. The van der Waals surface area contributed by atoms with Gasteiger partial charge in [0.1, 0.15) is 5.75 Å². The van der Waals surface area contributed by atoms with Crippen LogP contribution in [0.5, 0.6) is 5.75 Å². The first-order valence-corrected chi connectivity index (χ1v) is 8.61. The van der Waals surface area contributed by atoms with Gasteiger partial charge >= 0.3 is 6.61 Å². The fraction of sp³-hybridized carbons (Fsp3) is 0.300. The van der Waals surface area contributed by atoms with E-state index in [1.54, 1.807) is 29.2 Å². The Labute approximate surface area is 156 Å². The summed E-state index contributed by atoms with van der Waals surface area (Å²) < 4.78 is 29.5. The molecule has 27 heavy (non-hydrogen) atoms. The highest BCUT2D eigenvalue weighted by atomic mass is 19.3. The molecule has 1 aliphatic heterocycles. The third kappa shape index (κ3) is 4.80. The fourth-order valence-corrected chi connectivity index (χ4v) is 3.06. The first-order valence-electron chi connectivity index (χ1n) is 8.61. The number of rotatable bonds is 5. The number of hydrogen-bond acceptors (Lipinski definition) is 4. The van der Waals surface area contributed by atoms with Gasteiger partial charge in [-0.2, -0.15) is 14.0 Å². The highest BCUT2D eigenvalue weighted by Crippen LogP contribution is 2.22. The molecule has 0 aromatic heterocycles. The topological polar surface area (TPSA) is 56.6 Å². The van der Waals surface area contributed by atoms with Crippen molar-refractivity contribution in [2.24, 2.45) is 0 Å². The largest absolute Gasteiger partial charge is 0.434 e. The van der Waals surface area contributed by atoms with E-state index in [1.807, 2.05) is 12.1 Å². The monoisotopic (exact) mass is 371 g/mol. The average Bonchev–Trinajstić information content (AvgIpc) is 2.69. The van der Waals surface area contributed by atoms with Crippen LogP contribution in [-0.2, 0) is 6.54 Å². The standard InChI is InChI=1S/C20H19F2N3O2/c21-20(22)27-18-4-2-1-3-17(18)19(26)25-11-9-24(10-12-25)14-16-7-5-15(13-23)6-8-16/h1-8,20H,9-12,14H2. The molecule has 7 heteroatoms. The van der Waals surface area contributed by atoms with Crippen LogP contribution in [0.2, 0.25) is 0 Å². The van der Waals surface area contributed by atoms with Crippen LogP contribution < -0.4 is 4.74 Å². The van der Waals surface area contributed by atoms with Crippen molar-refractivity contribution in [3.63, 3.8) is 0 Å². The van der Waals surface area contributed by atoms with Crippen molar-refractivity contribution in [1.82, 2.24) is 9.80 Å². The average molecular weight is 371 g/mol. The first-order chi connectivity index (χ1) is 13.1. The molecule has 1 aliphatic rings. The molecule has 1 fully saturated rings. The molecule has 0 atom stereocenters. The maximum absolute atomic E-state index is 12.7. The number of alkyl halides is 2. The summed E-state index contributed by atoms with van der Waals surface area (Å²) in [5, 5.41) is 8.84. The molecule has 1 saturated heterocycles. The van der Waals surface area contributed by atoms with Crippen molar-refractivity contribution in [2.75, 3.05) is 26.2 Å². The minimum atomic E-state index is -2.97. The maximum Gasteiger partial charge on any atom is 0.387 e. The molecule has 2 aromatic carbocycles. The molecule has 1 amide bonds. The molecule has 0 radical (unpaired) electrons. The van der Waals surface area contributed by atoms with Gasteiger partial charge in [-0.1, -0.05) is 24.3 Å². The van der Waals surface area contributed by atoms with Crippen molar-refractivity contribution in [3.8, 4) is 11.8 Å². The summed E-state index contributed by atoms with van der Waals surface area (Å²) in [6.45, 7) is 0.158. The van der Waals surface area contributed by atoms with Crippen LogP contribution in [0.3, 0.4) is 0 Å². The first kappa shape index (κ1) is 18.8. The summed E-state index contributed by atoms with van der Waals surface area (Å²) in [7, 11) is 0. The van der Waals surface area contributed by atoms with E-state index in [1.165, 1.54) is 12.1 Å². The SMILES string of the molecule is N#Cc1ccc(CN2CCN(C(=O)c3ccccc3OC(F)F)CC2)cc1. The van der Waals surface area contributed by atoms with Crippen LogP contribution in [0.25, 0.3) is 0 Å². The number of nitrogens with zero attached hydrogens (tertiary/aromatic N) is 3. The molecular formula is C20H19F2N3O2. The number of nitriles is 1. The lowest BCUT2D eigenvalue weighted by molar-refractivity contribution is -0.0503. The summed E-state index contributed by atoms with van der Waals surface area (Å²) >= 11 is 0. The van der Waals surface area contributed by atoms with E-state index in [9.17, 15) is 13.6 Å². The lowest BCUT2D eigenvalue weighted by Gasteiger charge is -2.35. The van der Waals surface area contributed by atoms with E-state index in [4.69, 9.17) is 5.26 Å². The number of halogens is 2. The molecular weight excluding hydrogens is 352 g/mol. The van der Waals surface area contributed by atoms with E-state index in [0.29, 0.717) is 31.7 Å². The summed E-state index contributed by atoms with van der Waals surface area (Å²) in [4.78, 5) is 16.6. The fourth-order valence-electron chi connectivity index (χ4n) is 3.06. The van der Waals surface area contributed by atoms with Crippen molar-refractivity contribution < 1.29 is 18.3 Å². The van der Waals surface area contributed by atoms with Gasteiger partial charge in [-0.3, -0.25) is 9.69 Å². The molecule has 5 nitrogen and oxygen atoms in total. The Morgan fingerprint density at radius 2 is 1.74 bits per heavy atom. The molecule has 3 rings (SSSR count). The van der Waals surface area contributed by atoms with E-state index < -0.39 is 6.61 Å². The van der Waals surface area contributed by atoms with Gasteiger partial charge in [-0.25, -0.2) is 0 Å². The third-order valence-corrected chi connectivity index (χ3v) is 4.48. The van der Waals surface area contributed by atoms with Crippen LogP contribution >= 0.6 is 0 Å². The summed E-state index contributed by atoms with van der Waals surface area (Å²) in [5.41, 5.74) is 1.88. The summed E-state index contributed by atoms with van der Waals surface area (Å²) in [5.74, 6) is -0.401. The minimum absolute atomic E-state index is 0.0995. The van der Waals surface area contributed by atoms with Gasteiger partial charge in [0, 0.05) is 32.7 Å². The van der Waals surface area contributed by atoms with Gasteiger partial charge in [-0.05, 0) is 29.8 Å². The smallest absolute Gasteiger partial charge is 0.387 e. The molecule has 0 spiro atoms. The quantitative estimate of drug-likeness (QED) is 0.810. The highest BCUT2D eigenvalue weighted by molar-refractivity contribution is 5.97. The zero-order chi connectivity index (χ0) is 19.2. The number of benzene rings is 2. The van der Waals surface area contributed by atoms with Gasteiger partial charge in [0.15, 0.2) is 0 Å². The Kier molecular flexibility index (Phi) is 5.99. The van der Waals surface area contributed by atoms with E-state index >= 15 is 0 Å². The number of amides is 1. The van der Waals surface area contributed by atoms with E-state index in [-0.39, 0.29) is 17.2 Å². The minimum Gasteiger partial charge on any atom is -0.434 e. The van der Waals surface area contributed by atoms with Crippen LogP contribution in [0, 0.1) is 11.3 Å².